The van der Waals surface area contributed by atoms with Crippen LogP contribution in [0.3, 0.4) is 0 Å². The van der Waals surface area contributed by atoms with Crippen LogP contribution in [-0.2, 0) is 19.4 Å². The monoisotopic (exact) mass is 348 g/mol. The van der Waals surface area contributed by atoms with Crippen molar-refractivity contribution in [2.45, 2.75) is 39.7 Å². The third-order valence-corrected chi connectivity index (χ3v) is 5.92. The number of thiophene rings is 1. The molecular formula is C18H21FN2O2S. The zero-order chi connectivity index (χ0) is 17.5. The van der Waals surface area contributed by atoms with Crippen molar-refractivity contribution in [3.63, 3.8) is 0 Å². The fourth-order valence-corrected chi connectivity index (χ4v) is 4.79. The smallest absolute Gasteiger partial charge is 0.337 e. The molecule has 1 aromatic carbocycles. The Labute approximate surface area is 144 Å². The number of nitrogens with one attached hydrogen (secondary N) is 1. The van der Waals surface area contributed by atoms with Gasteiger partial charge in [-0.2, -0.15) is 0 Å². The third kappa shape index (κ3) is 2.97. The molecule has 1 heterocycles. The molecular weight excluding hydrogens is 327 g/mol. The van der Waals surface area contributed by atoms with Gasteiger partial charge >= 0.3 is 5.97 Å². The van der Waals surface area contributed by atoms with Crippen LogP contribution in [-0.4, -0.2) is 11.1 Å². The van der Waals surface area contributed by atoms with Crippen molar-refractivity contribution in [3.8, 4) is 10.4 Å². The summed E-state index contributed by atoms with van der Waals surface area (Å²) in [4.78, 5) is 13.5. The molecule has 1 aliphatic carbocycles. The highest BCUT2D eigenvalue weighted by Crippen LogP contribution is 2.46. The molecule has 0 fully saturated rings. The summed E-state index contributed by atoms with van der Waals surface area (Å²) in [7, 11) is 0. The van der Waals surface area contributed by atoms with Gasteiger partial charge in [0.2, 0.25) is 0 Å². The topological polar surface area (TPSA) is 75.3 Å². The van der Waals surface area contributed by atoms with E-state index in [1.807, 2.05) is 0 Å². The molecule has 2 aromatic rings. The minimum absolute atomic E-state index is 0.0619. The first-order chi connectivity index (χ1) is 11.3. The summed E-state index contributed by atoms with van der Waals surface area (Å²) >= 11 is 1.41. The molecule has 3 rings (SSSR count). The maximum atomic E-state index is 14.6. The summed E-state index contributed by atoms with van der Waals surface area (Å²) in [5.41, 5.74) is 4.74. The van der Waals surface area contributed by atoms with Crippen LogP contribution in [0.1, 0.15) is 46.6 Å². The molecule has 0 bridgehead atoms. The number of hydrazine groups is 1. The van der Waals surface area contributed by atoms with E-state index < -0.39 is 11.8 Å². The average Bonchev–Trinajstić information content (AvgIpc) is 2.84. The molecule has 0 amide bonds. The van der Waals surface area contributed by atoms with Crippen molar-refractivity contribution >= 4 is 17.3 Å². The van der Waals surface area contributed by atoms with E-state index in [9.17, 15) is 14.3 Å². The maximum absolute atomic E-state index is 14.6. The maximum Gasteiger partial charge on any atom is 0.337 e. The van der Waals surface area contributed by atoms with Crippen molar-refractivity contribution in [2.75, 3.05) is 0 Å². The van der Waals surface area contributed by atoms with Gasteiger partial charge in [-0.15, -0.1) is 11.3 Å². The van der Waals surface area contributed by atoms with E-state index in [1.165, 1.54) is 17.4 Å². The summed E-state index contributed by atoms with van der Waals surface area (Å²) in [5, 5.41) is 9.80. The average molecular weight is 348 g/mol. The number of halogens is 1. The minimum Gasteiger partial charge on any atom is -0.478 e. The zero-order valence-corrected chi connectivity index (χ0v) is 14.6. The van der Waals surface area contributed by atoms with Gasteiger partial charge in [0.15, 0.2) is 0 Å². The minimum atomic E-state index is -0.991. The van der Waals surface area contributed by atoms with E-state index in [0.29, 0.717) is 22.4 Å². The first-order valence-corrected chi connectivity index (χ1v) is 8.75. The number of benzene rings is 1. The van der Waals surface area contributed by atoms with Crippen molar-refractivity contribution < 1.29 is 14.3 Å². The van der Waals surface area contributed by atoms with E-state index in [-0.39, 0.29) is 17.5 Å². The van der Waals surface area contributed by atoms with Gasteiger partial charge in [-0.25, -0.2) is 9.18 Å². The van der Waals surface area contributed by atoms with Crippen LogP contribution in [0.5, 0.6) is 0 Å². The van der Waals surface area contributed by atoms with Gasteiger partial charge in [0.1, 0.15) is 5.82 Å². The lowest BCUT2D eigenvalue weighted by Gasteiger charge is -2.29. The van der Waals surface area contributed by atoms with Gasteiger partial charge < -0.3 is 5.11 Å². The van der Waals surface area contributed by atoms with Crippen LogP contribution in [0.25, 0.3) is 10.4 Å². The van der Waals surface area contributed by atoms with E-state index in [2.05, 4.69) is 19.3 Å². The standard InChI is InChI=1S/C18H21FN2O2S/c1-18(2)7-6-13-11(8-18)15(17(22)23)16(24-13)14-10(9-21-20)4-3-5-12(14)19/h3-5,21H,6-9,20H2,1-2H3,(H,22,23). The molecule has 4 nitrogen and oxygen atoms in total. The van der Waals surface area contributed by atoms with Crippen molar-refractivity contribution in [1.82, 2.24) is 5.43 Å². The van der Waals surface area contributed by atoms with Crippen molar-refractivity contribution in [1.29, 1.82) is 0 Å². The fourth-order valence-electron chi connectivity index (χ4n) is 3.40. The second-order valence-corrected chi connectivity index (χ2v) is 8.11. The number of aromatic carboxylic acids is 1. The Morgan fingerprint density at radius 1 is 1.46 bits per heavy atom. The highest BCUT2D eigenvalue weighted by Gasteiger charge is 2.34. The predicted molar refractivity (Wildman–Crippen MR) is 93.5 cm³/mol. The largest absolute Gasteiger partial charge is 0.478 e. The van der Waals surface area contributed by atoms with Crippen LogP contribution in [0.15, 0.2) is 18.2 Å². The molecule has 6 heteroatoms. The molecule has 24 heavy (non-hydrogen) atoms. The lowest BCUT2D eigenvalue weighted by Crippen LogP contribution is -2.22. The Hall–Kier alpha value is -1.76. The van der Waals surface area contributed by atoms with Gasteiger partial charge in [0.05, 0.1) is 10.4 Å². The van der Waals surface area contributed by atoms with E-state index in [1.54, 1.807) is 12.1 Å². The number of aryl methyl sites for hydroxylation is 1. The van der Waals surface area contributed by atoms with Crippen molar-refractivity contribution in [2.24, 2.45) is 11.3 Å². The molecule has 1 aliphatic rings. The Morgan fingerprint density at radius 3 is 2.88 bits per heavy atom. The lowest BCUT2D eigenvalue weighted by molar-refractivity contribution is 0.0696. The Balaban J connectivity index is 2.24. The number of hydrogen-bond donors (Lipinski definition) is 3. The summed E-state index contributed by atoms with van der Waals surface area (Å²) in [6.45, 7) is 4.57. The summed E-state index contributed by atoms with van der Waals surface area (Å²) in [5.74, 6) is 4.00. The normalized spacial score (nSPS) is 16.0. The van der Waals surface area contributed by atoms with Crippen LogP contribution >= 0.6 is 11.3 Å². The van der Waals surface area contributed by atoms with Crippen molar-refractivity contribution in [3.05, 3.63) is 45.6 Å². The van der Waals surface area contributed by atoms with Gasteiger partial charge in [-0.05, 0) is 41.9 Å². The molecule has 0 saturated heterocycles. The Kier molecular flexibility index (Phi) is 4.46. The molecule has 0 spiro atoms. The SMILES string of the molecule is CC1(C)CCc2sc(-c3c(F)cccc3CNN)c(C(=O)O)c2C1. The number of nitrogens with two attached hydrogens (primary N) is 1. The molecule has 4 N–H and O–H groups in total. The fraction of sp³-hybridized carbons (Fsp3) is 0.389. The molecule has 128 valence electrons. The Morgan fingerprint density at radius 2 is 2.21 bits per heavy atom. The van der Waals surface area contributed by atoms with E-state index in [4.69, 9.17) is 5.84 Å². The van der Waals surface area contributed by atoms with Gasteiger partial charge in [0, 0.05) is 17.0 Å². The summed E-state index contributed by atoms with van der Waals surface area (Å²) < 4.78 is 14.6. The predicted octanol–water partition coefficient (Wildman–Crippen LogP) is 3.73. The zero-order valence-electron chi connectivity index (χ0n) is 13.8. The lowest BCUT2D eigenvalue weighted by atomic mass is 9.76. The molecule has 0 unspecified atom stereocenters. The highest BCUT2D eigenvalue weighted by molar-refractivity contribution is 7.16. The number of rotatable bonds is 4. The number of carboxylic acids is 1. The highest BCUT2D eigenvalue weighted by atomic mass is 32.1. The summed E-state index contributed by atoms with van der Waals surface area (Å²) in [6.07, 6.45) is 2.55. The quantitative estimate of drug-likeness (QED) is 0.581. The number of fused-ring (bicyclic) bond motifs is 1. The molecule has 0 radical (unpaired) electrons. The van der Waals surface area contributed by atoms with Crippen LogP contribution in [0.2, 0.25) is 0 Å². The number of carboxylic acid groups (broad SMARTS) is 1. The number of hydrogen-bond acceptors (Lipinski definition) is 4. The second-order valence-electron chi connectivity index (χ2n) is 7.01. The van der Waals surface area contributed by atoms with Crippen LogP contribution in [0.4, 0.5) is 4.39 Å². The van der Waals surface area contributed by atoms with Crippen LogP contribution < -0.4 is 11.3 Å². The van der Waals surface area contributed by atoms with E-state index >= 15 is 0 Å². The summed E-state index contributed by atoms with van der Waals surface area (Å²) in [6, 6.07) is 4.75. The van der Waals surface area contributed by atoms with E-state index in [0.717, 1.165) is 23.3 Å². The molecule has 0 saturated carbocycles. The molecule has 0 atom stereocenters. The van der Waals surface area contributed by atoms with Gasteiger partial charge in [-0.3, -0.25) is 11.3 Å². The third-order valence-electron chi connectivity index (χ3n) is 4.61. The first-order valence-electron chi connectivity index (χ1n) is 7.93. The van der Waals surface area contributed by atoms with Gasteiger partial charge in [0.25, 0.3) is 0 Å². The second kappa shape index (κ2) is 6.27. The molecule has 0 aliphatic heterocycles. The first kappa shape index (κ1) is 17.1. The molecule has 1 aromatic heterocycles. The van der Waals surface area contributed by atoms with Gasteiger partial charge in [-0.1, -0.05) is 26.0 Å². The van der Waals surface area contributed by atoms with Crippen LogP contribution in [0, 0.1) is 11.2 Å². The Bertz CT molecular complexity index is 799. The number of carbonyl (C=O) groups is 1.